The number of carbonyl (C=O) groups excluding carboxylic acids is 4. The average Bonchev–Trinajstić information content (AvgIpc) is 4.06. The fourth-order valence-corrected chi connectivity index (χ4v) is 11.1. The second kappa shape index (κ2) is 22.5. The zero-order valence-electron chi connectivity index (χ0n) is 34.1. The maximum absolute atomic E-state index is 11.9. The molecule has 6 atom stereocenters. The van der Waals surface area contributed by atoms with Crippen LogP contribution in [0.3, 0.4) is 0 Å². The average molecular weight is 924 g/mol. The summed E-state index contributed by atoms with van der Waals surface area (Å²) >= 11 is -4.54. The summed E-state index contributed by atoms with van der Waals surface area (Å²) in [6, 6.07) is 25.7. The van der Waals surface area contributed by atoms with Crippen LogP contribution in [0.2, 0.25) is 0 Å². The van der Waals surface area contributed by atoms with E-state index in [2.05, 4.69) is 3.07 Å². The molecule has 2 N–H and O–H groups in total. The summed E-state index contributed by atoms with van der Waals surface area (Å²) in [4.78, 5) is 49.7. The molecule has 4 fully saturated rings. The van der Waals surface area contributed by atoms with E-state index in [1.54, 1.807) is 21.9 Å². The van der Waals surface area contributed by atoms with Gasteiger partial charge in [0.25, 0.3) is 0 Å². The first-order valence-corrected chi connectivity index (χ1v) is 23.9. The van der Waals surface area contributed by atoms with E-state index in [-0.39, 0.29) is 51.3 Å². The Kier molecular flexibility index (Phi) is 18.1. The van der Waals surface area contributed by atoms with Gasteiger partial charge >= 0.3 is 85.2 Å². The molecule has 3 aromatic carbocycles. The van der Waals surface area contributed by atoms with Gasteiger partial charge in [-0.15, -0.1) is 0 Å². The molecule has 0 aromatic heterocycles. The minimum absolute atomic E-state index is 0.0549. The molecule has 2 saturated carbocycles. The Morgan fingerprint density at radius 1 is 0.677 bits per heavy atom. The third kappa shape index (κ3) is 12.9. The zero-order chi connectivity index (χ0) is 45.3. The summed E-state index contributed by atoms with van der Waals surface area (Å²) in [5.41, 5.74) is 2.19. The number of nitrogens with zero attached hydrogens (tertiary/aromatic N) is 2. The summed E-state index contributed by atoms with van der Waals surface area (Å²) in [7, 11) is 44.1. The molecule has 3 aliphatic heterocycles. The number of likely N-dealkylation sites (tertiary alicyclic amines) is 2. The summed E-state index contributed by atoms with van der Waals surface area (Å²) in [5.74, 6) is -0.0924. The van der Waals surface area contributed by atoms with Gasteiger partial charge < -0.3 is 24.4 Å². The van der Waals surface area contributed by atoms with Crippen LogP contribution < -0.4 is 0 Å². The van der Waals surface area contributed by atoms with Crippen molar-refractivity contribution in [2.24, 2.45) is 11.8 Å². The number of ether oxygens (including phenoxy) is 2. The molecule has 16 radical (unpaired) electrons. The third-order valence-corrected chi connectivity index (χ3v) is 14.8. The number of piperidine rings is 2. The van der Waals surface area contributed by atoms with Crippen LogP contribution in [0, 0.1) is 15.4 Å². The molecular formula is C35H37B14IN2O10. The molecule has 3 heterocycles. The number of aliphatic hydroxyl groups is 1. The Labute approximate surface area is 381 Å². The van der Waals surface area contributed by atoms with Crippen molar-refractivity contribution in [3.63, 3.8) is 0 Å². The van der Waals surface area contributed by atoms with E-state index in [0.717, 1.165) is 24.0 Å². The van der Waals surface area contributed by atoms with Crippen molar-refractivity contribution in [3.05, 3.63) is 105 Å². The van der Waals surface area contributed by atoms with Crippen molar-refractivity contribution < 1.29 is 43.3 Å². The van der Waals surface area contributed by atoms with Crippen LogP contribution in [0.4, 0.5) is 9.59 Å². The molecule has 296 valence electrons. The van der Waals surface area contributed by atoms with Crippen LogP contribution in [0.15, 0.2) is 84.9 Å². The topological polar surface area (TPSA) is 160 Å². The molecular weight excluding hydrogens is 887 g/mol. The summed E-state index contributed by atoms with van der Waals surface area (Å²) in [5, 5.41) is 9.65. The van der Waals surface area contributed by atoms with Crippen molar-refractivity contribution in [3.8, 4) is 0 Å². The Morgan fingerprint density at radius 3 is 1.53 bits per heavy atom. The van der Waals surface area contributed by atoms with Gasteiger partial charge in [-0.25, -0.2) is 9.59 Å². The minimum atomic E-state index is -4.54. The van der Waals surface area contributed by atoms with E-state index in [4.69, 9.17) is 71.4 Å². The van der Waals surface area contributed by atoms with Crippen molar-refractivity contribution >= 4 is 143 Å². The van der Waals surface area contributed by atoms with Crippen LogP contribution in [0.25, 0.3) is 0 Å². The SMILES string of the molecule is O=C(OCc1ccccc1)N1C[C@H]2C[C@@H]1C[C@@H]2O.O=C1C[C@H]2C[C@@H]1CN2C(=O)OCc1ccccc1.O=C1OI(=O)(O)c2ccccc21.[B]B([B])B(B([B])[B])B(B([B])[B])B([B])[B]. The predicted molar refractivity (Wildman–Crippen MR) is 259 cm³/mol. The molecule has 2 amide bonds. The normalized spacial score (nSPS) is 24.2. The van der Waals surface area contributed by atoms with E-state index in [9.17, 15) is 30.8 Å². The molecule has 27 heteroatoms. The van der Waals surface area contributed by atoms with Gasteiger partial charge in [0.2, 0.25) is 0 Å². The number of hydrogen-bond acceptors (Lipinski definition) is 9. The molecule has 5 aliphatic rings. The Balaban J connectivity index is 0.000000158. The van der Waals surface area contributed by atoms with Crippen LogP contribution in [0.5, 0.6) is 0 Å². The Bertz CT molecular complexity index is 2010. The molecule has 2 saturated heterocycles. The maximum Gasteiger partial charge on any atom is 0 e. The molecule has 3 aromatic rings. The number of fused-ring (bicyclic) bond motifs is 5. The van der Waals surface area contributed by atoms with E-state index >= 15 is 0 Å². The number of carbonyl (C=O) groups is 4. The second-order valence-corrected chi connectivity index (χ2v) is 20.0. The smallest absolute Gasteiger partial charge is 0 e. The fourth-order valence-electron chi connectivity index (χ4n) is 8.27. The van der Waals surface area contributed by atoms with Crippen molar-refractivity contribution in [2.45, 2.75) is 57.1 Å². The predicted octanol–water partition coefficient (Wildman–Crippen LogP) is -0.330. The summed E-state index contributed by atoms with van der Waals surface area (Å²) in [6.07, 6.45) is -1.91. The molecule has 12 nitrogen and oxygen atoms in total. The van der Waals surface area contributed by atoms with Gasteiger partial charge in [0, 0.05) is 144 Å². The number of hydrogen-bond donors (Lipinski definition) is 2. The number of aliphatic hydroxyl groups excluding tert-OH is 1. The quantitative estimate of drug-likeness (QED) is 0.215. The van der Waals surface area contributed by atoms with Crippen LogP contribution >= 0.6 is 19.3 Å². The number of benzene rings is 3. The number of rotatable bonds is 9. The molecule has 1 unspecified atom stereocenters. The van der Waals surface area contributed by atoms with Gasteiger partial charge in [-0.1, -0.05) is 60.7 Å². The van der Waals surface area contributed by atoms with Crippen molar-refractivity contribution in [1.29, 1.82) is 0 Å². The van der Waals surface area contributed by atoms with Gasteiger partial charge in [0.05, 0.1) is 6.10 Å². The number of ketones is 1. The first-order valence-electron chi connectivity index (χ1n) is 20.1. The number of halogens is 1. The first kappa shape index (κ1) is 49.7. The number of amides is 2. The Morgan fingerprint density at radius 2 is 1.15 bits per heavy atom. The molecule has 62 heavy (non-hydrogen) atoms. The summed E-state index contributed by atoms with van der Waals surface area (Å²) in [6.45, 7) is 1.79. The van der Waals surface area contributed by atoms with Crippen LogP contribution in [-0.4, -0.2) is 174 Å². The first-order chi connectivity index (χ1) is 29.4. The van der Waals surface area contributed by atoms with Crippen molar-refractivity contribution in [2.75, 3.05) is 13.1 Å². The van der Waals surface area contributed by atoms with Crippen molar-refractivity contribution in [1.82, 2.24) is 9.80 Å². The number of Topliss-reactive ketones (excluding diaryl/α,β-unsaturated/α-hetero) is 1. The van der Waals surface area contributed by atoms with E-state index in [1.807, 2.05) is 60.7 Å². The zero-order valence-corrected chi connectivity index (χ0v) is 36.3. The van der Waals surface area contributed by atoms with Gasteiger partial charge in [-0.3, -0.25) is 4.79 Å². The molecule has 0 spiro atoms. The van der Waals surface area contributed by atoms with Gasteiger partial charge in [0.1, 0.15) is 19.0 Å². The maximum atomic E-state index is 11.9. The van der Waals surface area contributed by atoms with Gasteiger partial charge in [-0.2, -0.15) is 0 Å². The van der Waals surface area contributed by atoms with E-state index < -0.39 is 63.5 Å². The largest absolute Gasteiger partial charge is 0 e. The second-order valence-electron chi connectivity index (χ2n) is 15.8. The minimum Gasteiger partial charge on any atom is 0 e. The standard InChI is InChI=1S/C14H17NO3.C14H15NO3.C7H5IO4.B14/c2*16-13-7-12-6-11(13)8-15(12)14(17)18-9-10-4-2-1-3-5-10;9-7-5-3-1-2-4-6(5)8(10,11)12-7;1-9(2)13(10(3)4)14(11(5)6)12(7)8/h1-5,11-13,16H,6-9H2;1-5,11-12H,6-9H2;1-4H,(H,10,11);/t11-,12-,13+;11-,12-;;/m11../s1. The summed E-state index contributed by atoms with van der Waals surface area (Å²) < 4.78 is 35.5. The van der Waals surface area contributed by atoms with Gasteiger partial charge in [0.15, 0.2) is 0 Å². The van der Waals surface area contributed by atoms with Gasteiger partial charge in [-0.05, 0) is 30.4 Å². The monoisotopic (exact) mass is 926 g/mol. The molecule has 2 aliphatic carbocycles. The Hall–Kier alpha value is -3.30. The van der Waals surface area contributed by atoms with E-state index in [0.29, 0.717) is 44.9 Å². The van der Waals surface area contributed by atoms with Crippen LogP contribution in [0.1, 0.15) is 47.2 Å². The third-order valence-electron chi connectivity index (χ3n) is 11.4. The molecule has 8 rings (SSSR count). The van der Waals surface area contributed by atoms with E-state index in [1.165, 1.54) is 12.1 Å². The van der Waals surface area contributed by atoms with Crippen LogP contribution in [-0.2, 0) is 33.6 Å². The molecule has 4 bridgehead atoms. The fraction of sp³-hybridized carbons (Fsp3) is 0.371.